The fourth-order valence-electron chi connectivity index (χ4n) is 1.99. The van der Waals surface area contributed by atoms with Gasteiger partial charge in [0, 0.05) is 37.6 Å². The second-order valence-corrected chi connectivity index (χ2v) is 4.46. The molecule has 6 nitrogen and oxygen atoms in total. The summed E-state index contributed by atoms with van der Waals surface area (Å²) in [6, 6.07) is 1.91. The molecule has 0 atom stereocenters. The Morgan fingerprint density at radius 3 is 2.56 bits per heavy atom. The summed E-state index contributed by atoms with van der Waals surface area (Å²) in [6.07, 6.45) is 0. The Balaban J connectivity index is 1.88. The van der Waals surface area contributed by atoms with Crippen LogP contribution in [0.1, 0.15) is 11.4 Å². The van der Waals surface area contributed by atoms with Crippen LogP contribution in [0.15, 0.2) is 6.07 Å². The molecule has 0 saturated carbocycles. The minimum absolute atomic E-state index is 0.0965. The highest BCUT2D eigenvalue weighted by atomic mass is 16.2. The molecule has 2 rings (SSSR count). The van der Waals surface area contributed by atoms with Crippen LogP contribution in [0.2, 0.25) is 0 Å². The molecule has 1 fully saturated rings. The second-order valence-electron chi connectivity index (χ2n) is 4.46. The molecule has 0 aliphatic carbocycles. The molecular formula is C12H19N5O. The molecule has 6 heteroatoms. The number of aromatic nitrogens is 2. The molecule has 1 aromatic rings. The number of hydrogen-bond donors (Lipinski definition) is 2. The fourth-order valence-corrected chi connectivity index (χ4v) is 1.99. The fraction of sp³-hybridized carbons (Fsp3) is 0.583. The van der Waals surface area contributed by atoms with E-state index in [-0.39, 0.29) is 12.5 Å². The summed E-state index contributed by atoms with van der Waals surface area (Å²) < 4.78 is 0. The molecule has 2 N–H and O–H groups in total. The Morgan fingerprint density at radius 2 is 1.94 bits per heavy atom. The van der Waals surface area contributed by atoms with Crippen LogP contribution in [0.5, 0.6) is 0 Å². The van der Waals surface area contributed by atoms with E-state index in [1.54, 1.807) is 0 Å². The summed E-state index contributed by atoms with van der Waals surface area (Å²) in [5.41, 5.74) is 1.80. The van der Waals surface area contributed by atoms with Crippen LogP contribution in [0.4, 0.5) is 5.95 Å². The number of anilines is 1. The van der Waals surface area contributed by atoms with Crippen LogP contribution >= 0.6 is 0 Å². The van der Waals surface area contributed by atoms with Gasteiger partial charge in [-0.15, -0.1) is 0 Å². The lowest BCUT2D eigenvalue weighted by molar-refractivity contribution is -0.129. The number of nitrogens with zero attached hydrogens (tertiary/aromatic N) is 3. The van der Waals surface area contributed by atoms with Gasteiger partial charge in [-0.05, 0) is 19.9 Å². The third kappa shape index (κ3) is 3.40. The van der Waals surface area contributed by atoms with E-state index < -0.39 is 0 Å². The summed E-state index contributed by atoms with van der Waals surface area (Å²) >= 11 is 0. The van der Waals surface area contributed by atoms with E-state index in [2.05, 4.69) is 20.6 Å². The average molecular weight is 249 g/mol. The first-order valence-electron chi connectivity index (χ1n) is 6.20. The molecule has 0 aromatic carbocycles. The van der Waals surface area contributed by atoms with Gasteiger partial charge >= 0.3 is 0 Å². The van der Waals surface area contributed by atoms with Crippen LogP contribution in [-0.4, -0.2) is 53.5 Å². The normalized spacial score (nSPS) is 15.6. The van der Waals surface area contributed by atoms with Crippen molar-refractivity contribution in [2.75, 3.05) is 38.0 Å². The van der Waals surface area contributed by atoms with E-state index >= 15 is 0 Å². The smallest absolute Gasteiger partial charge is 0.242 e. The highest BCUT2D eigenvalue weighted by molar-refractivity contribution is 5.80. The molecule has 2 heterocycles. The zero-order valence-electron chi connectivity index (χ0n) is 10.9. The molecule has 0 unspecified atom stereocenters. The number of amides is 1. The zero-order chi connectivity index (χ0) is 13.0. The van der Waals surface area contributed by atoms with E-state index in [0.717, 1.165) is 37.6 Å². The zero-order valence-corrected chi connectivity index (χ0v) is 10.9. The van der Waals surface area contributed by atoms with Gasteiger partial charge in [0.05, 0.1) is 6.54 Å². The maximum atomic E-state index is 11.9. The first kappa shape index (κ1) is 12.8. The lowest BCUT2D eigenvalue weighted by Crippen LogP contribution is -2.48. The van der Waals surface area contributed by atoms with Crippen molar-refractivity contribution in [3.05, 3.63) is 17.5 Å². The Morgan fingerprint density at radius 1 is 1.33 bits per heavy atom. The van der Waals surface area contributed by atoms with Gasteiger partial charge in [-0.1, -0.05) is 0 Å². The van der Waals surface area contributed by atoms with Gasteiger partial charge in [-0.3, -0.25) is 4.79 Å². The molecule has 0 bridgehead atoms. The van der Waals surface area contributed by atoms with Crippen LogP contribution in [0.3, 0.4) is 0 Å². The maximum Gasteiger partial charge on any atom is 0.242 e. The number of carbonyl (C=O) groups is 1. The number of hydrogen-bond acceptors (Lipinski definition) is 5. The summed E-state index contributed by atoms with van der Waals surface area (Å²) in [5.74, 6) is 0.621. The molecule has 18 heavy (non-hydrogen) atoms. The van der Waals surface area contributed by atoms with Crippen LogP contribution in [0.25, 0.3) is 0 Å². The Bertz CT molecular complexity index is 408. The minimum Gasteiger partial charge on any atom is -0.345 e. The highest BCUT2D eigenvalue weighted by Crippen LogP contribution is 2.03. The van der Waals surface area contributed by atoms with Crippen LogP contribution in [0, 0.1) is 13.8 Å². The average Bonchev–Trinajstić information content (AvgIpc) is 2.36. The van der Waals surface area contributed by atoms with Gasteiger partial charge in [0.15, 0.2) is 0 Å². The van der Waals surface area contributed by atoms with Gasteiger partial charge in [0.1, 0.15) is 0 Å². The van der Waals surface area contributed by atoms with Crippen molar-refractivity contribution in [3.8, 4) is 0 Å². The van der Waals surface area contributed by atoms with Crippen molar-refractivity contribution < 1.29 is 4.79 Å². The number of aryl methyl sites for hydroxylation is 2. The number of nitrogens with one attached hydrogen (secondary N) is 2. The Kier molecular flexibility index (Phi) is 4.09. The van der Waals surface area contributed by atoms with Crippen LogP contribution in [-0.2, 0) is 4.79 Å². The molecule has 1 aliphatic heterocycles. The number of rotatable bonds is 3. The van der Waals surface area contributed by atoms with E-state index in [4.69, 9.17) is 0 Å². The van der Waals surface area contributed by atoms with Gasteiger partial charge in [0.2, 0.25) is 11.9 Å². The number of carbonyl (C=O) groups excluding carboxylic acids is 1. The predicted octanol–water partition coefficient (Wildman–Crippen LogP) is -0.0629. The second kappa shape index (κ2) is 5.77. The van der Waals surface area contributed by atoms with E-state index in [1.165, 1.54) is 0 Å². The van der Waals surface area contributed by atoms with Crippen molar-refractivity contribution in [1.82, 2.24) is 20.2 Å². The first-order chi connectivity index (χ1) is 8.65. The lowest BCUT2D eigenvalue weighted by Gasteiger charge is -2.27. The van der Waals surface area contributed by atoms with E-state index in [1.807, 2.05) is 24.8 Å². The summed E-state index contributed by atoms with van der Waals surface area (Å²) in [4.78, 5) is 22.3. The molecule has 98 valence electrons. The molecular weight excluding hydrogens is 230 g/mol. The first-order valence-corrected chi connectivity index (χ1v) is 6.20. The van der Waals surface area contributed by atoms with Gasteiger partial charge in [-0.25, -0.2) is 9.97 Å². The summed E-state index contributed by atoms with van der Waals surface area (Å²) in [5, 5.41) is 6.21. The van der Waals surface area contributed by atoms with E-state index in [9.17, 15) is 4.79 Å². The Labute approximate surface area is 107 Å². The van der Waals surface area contributed by atoms with Crippen molar-refractivity contribution in [2.24, 2.45) is 0 Å². The van der Waals surface area contributed by atoms with Gasteiger partial charge in [-0.2, -0.15) is 0 Å². The van der Waals surface area contributed by atoms with Crippen molar-refractivity contribution in [3.63, 3.8) is 0 Å². The topological polar surface area (TPSA) is 70.2 Å². The molecule has 1 aliphatic rings. The summed E-state index contributed by atoms with van der Waals surface area (Å²) in [7, 11) is 0. The minimum atomic E-state index is 0.0965. The lowest BCUT2D eigenvalue weighted by atomic mass is 10.3. The number of piperazine rings is 1. The standard InChI is InChI=1S/C12H19N5O/c1-9-7-10(2)16-12(15-9)14-8-11(18)17-5-3-13-4-6-17/h7,13H,3-6,8H2,1-2H3,(H,14,15,16). The molecule has 1 aromatic heterocycles. The van der Waals surface area contributed by atoms with Crippen molar-refractivity contribution >= 4 is 11.9 Å². The molecule has 1 saturated heterocycles. The van der Waals surface area contributed by atoms with Crippen molar-refractivity contribution in [2.45, 2.75) is 13.8 Å². The summed E-state index contributed by atoms with van der Waals surface area (Å²) in [6.45, 7) is 7.36. The largest absolute Gasteiger partial charge is 0.345 e. The third-order valence-corrected chi connectivity index (χ3v) is 2.85. The monoisotopic (exact) mass is 249 g/mol. The SMILES string of the molecule is Cc1cc(C)nc(NCC(=O)N2CCNCC2)n1. The van der Waals surface area contributed by atoms with Gasteiger partial charge in [0.25, 0.3) is 0 Å². The van der Waals surface area contributed by atoms with Crippen LogP contribution < -0.4 is 10.6 Å². The molecule has 0 radical (unpaired) electrons. The van der Waals surface area contributed by atoms with E-state index in [0.29, 0.717) is 5.95 Å². The van der Waals surface area contributed by atoms with Crippen molar-refractivity contribution in [1.29, 1.82) is 0 Å². The third-order valence-electron chi connectivity index (χ3n) is 2.85. The molecule has 1 amide bonds. The quantitative estimate of drug-likeness (QED) is 0.785. The highest BCUT2D eigenvalue weighted by Gasteiger charge is 2.15. The van der Waals surface area contributed by atoms with Gasteiger partial charge < -0.3 is 15.5 Å². The maximum absolute atomic E-state index is 11.9. The predicted molar refractivity (Wildman–Crippen MR) is 69.4 cm³/mol. The Hall–Kier alpha value is -1.69. The molecule has 0 spiro atoms.